The molecule has 1 saturated carbocycles. The molecule has 0 bridgehead atoms. The van der Waals surface area contributed by atoms with Gasteiger partial charge in [0.15, 0.2) is 11.8 Å². The van der Waals surface area contributed by atoms with Crippen molar-refractivity contribution in [1.82, 2.24) is 14.6 Å². The van der Waals surface area contributed by atoms with Gasteiger partial charge in [0.2, 0.25) is 0 Å². The van der Waals surface area contributed by atoms with E-state index in [1.54, 1.807) is 18.2 Å². The van der Waals surface area contributed by atoms with Gasteiger partial charge in [0, 0.05) is 12.3 Å². The Labute approximate surface area is 217 Å². The van der Waals surface area contributed by atoms with E-state index in [0.717, 1.165) is 23.3 Å². The first-order valence-electron chi connectivity index (χ1n) is 11.8. The summed E-state index contributed by atoms with van der Waals surface area (Å²) in [4.78, 5) is 37.9. The van der Waals surface area contributed by atoms with Crippen molar-refractivity contribution in [3.63, 3.8) is 0 Å². The third-order valence-corrected chi connectivity index (χ3v) is 8.61. The van der Waals surface area contributed by atoms with Crippen molar-refractivity contribution in [3.05, 3.63) is 63.4 Å². The summed E-state index contributed by atoms with van der Waals surface area (Å²) in [5, 5.41) is 34.3. The average Bonchev–Trinajstić information content (AvgIpc) is 3.07. The van der Waals surface area contributed by atoms with Crippen molar-refractivity contribution in [2.45, 2.75) is 55.8 Å². The molecule has 0 radical (unpaired) electrons. The number of aromatic amines is 1. The van der Waals surface area contributed by atoms with Gasteiger partial charge >= 0.3 is 19.4 Å². The predicted octanol–water partition coefficient (Wildman–Crippen LogP) is 0.596. The lowest BCUT2D eigenvalue weighted by molar-refractivity contribution is -0.147. The molecule has 0 amide bonds. The standard InChI is InChI=1S/C24H28N3O10P/c1-3-24(33)19(29)17(36-20(24)27-13-12-18(28)25-22(27)32)14-35-38(34,37-16-10-5-4-6-11-16)26-23(2,21(30)31)15-8-7-9-15/h1,4-6,10-13,15,17,19-20,29,33H,7-9,14H2,2H3,(H,26,34)(H,30,31)(H,25,28,32)/t17-,19-,20-,23+,24-,38?/m1/s1. The Bertz CT molecular complexity index is 1380. The number of hydrogen-bond donors (Lipinski definition) is 5. The van der Waals surface area contributed by atoms with Gasteiger partial charge in [-0.1, -0.05) is 30.5 Å². The third-order valence-electron chi connectivity index (χ3n) is 6.93. The smallest absolute Gasteiger partial charge is 0.459 e. The number of ether oxygens (including phenoxy) is 1. The number of para-hydroxylation sites is 1. The van der Waals surface area contributed by atoms with E-state index in [2.05, 4.69) is 5.09 Å². The molecule has 5 N–H and O–H groups in total. The second-order valence-corrected chi connectivity index (χ2v) is 11.1. The summed E-state index contributed by atoms with van der Waals surface area (Å²) >= 11 is 0. The van der Waals surface area contributed by atoms with Gasteiger partial charge in [-0.25, -0.2) is 9.36 Å². The van der Waals surface area contributed by atoms with Gasteiger partial charge < -0.3 is 24.6 Å². The minimum absolute atomic E-state index is 0.121. The van der Waals surface area contributed by atoms with E-state index >= 15 is 0 Å². The molecule has 4 rings (SSSR count). The van der Waals surface area contributed by atoms with Gasteiger partial charge in [-0.3, -0.25) is 23.7 Å². The van der Waals surface area contributed by atoms with Crippen LogP contribution >= 0.6 is 7.75 Å². The molecule has 0 spiro atoms. The lowest BCUT2D eigenvalue weighted by atomic mass is 9.72. The monoisotopic (exact) mass is 549 g/mol. The number of nitrogens with one attached hydrogen (secondary N) is 2. The molecule has 1 unspecified atom stereocenters. The van der Waals surface area contributed by atoms with Gasteiger partial charge in [0.25, 0.3) is 5.56 Å². The number of hydrogen-bond acceptors (Lipinski definition) is 9. The van der Waals surface area contributed by atoms with Crippen LogP contribution in [0.5, 0.6) is 5.75 Å². The third kappa shape index (κ3) is 5.19. The maximum absolute atomic E-state index is 13.9. The molecule has 2 fully saturated rings. The molecule has 1 aromatic carbocycles. The molecule has 38 heavy (non-hydrogen) atoms. The number of H-pyrrole nitrogens is 1. The zero-order valence-corrected chi connectivity index (χ0v) is 21.2. The number of carbonyl (C=O) groups is 1. The van der Waals surface area contributed by atoms with Gasteiger partial charge in [0.05, 0.1) is 6.61 Å². The molecular weight excluding hydrogens is 521 g/mol. The summed E-state index contributed by atoms with van der Waals surface area (Å²) in [6.45, 7) is 0.706. The van der Waals surface area contributed by atoms with Crippen LogP contribution < -0.4 is 20.9 Å². The van der Waals surface area contributed by atoms with Crippen molar-refractivity contribution in [1.29, 1.82) is 0 Å². The van der Waals surface area contributed by atoms with E-state index in [1.807, 2.05) is 10.9 Å². The minimum atomic E-state index is -4.46. The quantitative estimate of drug-likeness (QED) is 0.206. The van der Waals surface area contributed by atoms with E-state index in [4.69, 9.17) is 20.2 Å². The lowest BCUT2D eigenvalue weighted by Crippen LogP contribution is -2.56. The number of aliphatic hydroxyl groups is 2. The second-order valence-electron chi connectivity index (χ2n) is 9.40. The Kier molecular flexibility index (Phi) is 7.67. The number of terminal acetylenes is 1. The van der Waals surface area contributed by atoms with Crippen LogP contribution in [0, 0.1) is 18.3 Å². The fraction of sp³-hybridized carbons (Fsp3) is 0.458. The zero-order chi connectivity index (χ0) is 27.7. The summed E-state index contributed by atoms with van der Waals surface area (Å²) in [6.07, 6.45) is 3.59. The first-order chi connectivity index (χ1) is 17.9. The highest BCUT2D eigenvalue weighted by Gasteiger charge is 2.57. The SMILES string of the molecule is C#C[C@@]1(O)[C@H](O)[C@@H](COP(=O)(N[C@](C)(C(=O)O)C2CCC2)Oc2ccccc2)O[C@H]1n1ccc(=O)[nH]c1=O. The van der Waals surface area contributed by atoms with Crippen LogP contribution in [0.15, 0.2) is 52.2 Å². The number of carboxylic acid groups (broad SMARTS) is 1. The topological polar surface area (TPSA) is 189 Å². The Morgan fingerprint density at radius 1 is 1.34 bits per heavy atom. The van der Waals surface area contributed by atoms with Crippen molar-refractivity contribution >= 4 is 13.7 Å². The van der Waals surface area contributed by atoms with Gasteiger partial charge in [-0.2, -0.15) is 5.09 Å². The first-order valence-corrected chi connectivity index (χ1v) is 13.3. The fourth-order valence-electron chi connectivity index (χ4n) is 4.41. The molecular formula is C24H28N3O10P. The Balaban J connectivity index is 1.61. The highest BCUT2D eigenvalue weighted by atomic mass is 31.2. The zero-order valence-electron chi connectivity index (χ0n) is 20.4. The number of nitrogens with zero attached hydrogens (tertiary/aromatic N) is 1. The Morgan fingerprint density at radius 2 is 2.03 bits per heavy atom. The van der Waals surface area contributed by atoms with Crippen molar-refractivity contribution in [2.75, 3.05) is 6.61 Å². The molecule has 1 aliphatic carbocycles. The molecule has 14 heteroatoms. The maximum Gasteiger partial charge on any atom is 0.459 e. The molecule has 13 nitrogen and oxygen atoms in total. The van der Waals surface area contributed by atoms with Gasteiger partial charge in [-0.05, 0) is 37.8 Å². The largest absolute Gasteiger partial charge is 0.480 e. The minimum Gasteiger partial charge on any atom is -0.480 e. The highest BCUT2D eigenvalue weighted by molar-refractivity contribution is 7.52. The summed E-state index contributed by atoms with van der Waals surface area (Å²) in [5.41, 5.74) is -5.76. The molecule has 1 aliphatic heterocycles. The second kappa shape index (κ2) is 10.5. The van der Waals surface area contributed by atoms with Crippen LogP contribution in [0.2, 0.25) is 0 Å². The summed E-state index contributed by atoms with van der Waals surface area (Å²) in [5.74, 6) is 0.540. The Morgan fingerprint density at radius 3 is 2.58 bits per heavy atom. The molecule has 2 aromatic rings. The van der Waals surface area contributed by atoms with Gasteiger partial charge in [-0.15, -0.1) is 6.42 Å². The number of rotatable bonds is 10. The molecule has 2 heterocycles. The van der Waals surface area contributed by atoms with Crippen LogP contribution in [-0.4, -0.2) is 60.8 Å². The number of aromatic nitrogens is 2. The van der Waals surface area contributed by atoms with E-state index in [-0.39, 0.29) is 11.7 Å². The molecule has 1 aromatic heterocycles. The van der Waals surface area contributed by atoms with Crippen molar-refractivity contribution in [2.24, 2.45) is 5.92 Å². The Hall–Kier alpha value is -3.24. The number of aliphatic hydroxyl groups excluding tert-OH is 1. The first kappa shape index (κ1) is 27.8. The van der Waals surface area contributed by atoms with E-state index < -0.39 is 61.1 Å². The normalized spacial score (nSPS) is 28.4. The van der Waals surface area contributed by atoms with Crippen LogP contribution in [0.25, 0.3) is 0 Å². The molecule has 1 saturated heterocycles. The predicted molar refractivity (Wildman–Crippen MR) is 132 cm³/mol. The average molecular weight is 549 g/mol. The summed E-state index contributed by atoms with van der Waals surface area (Å²) in [7, 11) is -4.46. The van der Waals surface area contributed by atoms with Crippen molar-refractivity contribution < 1.29 is 38.5 Å². The van der Waals surface area contributed by atoms with Crippen LogP contribution in [-0.2, 0) is 18.6 Å². The number of benzene rings is 1. The highest BCUT2D eigenvalue weighted by Crippen LogP contribution is 2.50. The van der Waals surface area contributed by atoms with Crippen LogP contribution in [0.4, 0.5) is 0 Å². The summed E-state index contributed by atoms with van der Waals surface area (Å²) in [6, 6.07) is 8.92. The van der Waals surface area contributed by atoms with Crippen LogP contribution in [0.3, 0.4) is 0 Å². The fourth-order valence-corrected chi connectivity index (χ4v) is 6.16. The molecule has 204 valence electrons. The maximum atomic E-state index is 13.9. The lowest BCUT2D eigenvalue weighted by Gasteiger charge is -2.41. The van der Waals surface area contributed by atoms with Crippen molar-refractivity contribution in [3.8, 4) is 18.1 Å². The van der Waals surface area contributed by atoms with E-state index in [1.165, 1.54) is 19.1 Å². The van der Waals surface area contributed by atoms with Crippen LogP contribution in [0.1, 0.15) is 32.4 Å². The number of carboxylic acids is 1. The van der Waals surface area contributed by atoms with E-state index in [0.29, 0.717) is 12.8 Å². The number of aliphatic carboxylic acids is 1. The molecule has 2 aliphatic rings. The molecule has 6 atom stereocenters. The van der Waals surface area contributed by atoms with E-state index in [9.17, 15) is 34.3 Å². The summed E-state index contributed by atoms with van der Waals surface area (Å²) < 4.78 is 31.5. The van der Waals surface area contributed by atoms with Gasteiger partial charge in [0.1, 0.15) is 23.5 Å².